The van der Waals surface area contributed by atoms with Gasteiger partial charge < -0.3 is 27.5 Å². The van der Waals surface area contributed by atoms with Gasteiger partial charge in [-0.15, -0.1) is 41.4 Å². The van der Waals surface area contributed by atoms with E-state index in [1.54, 1.807) is 6.08 Å². The second-order valence-corrected chi connectivity index (χ2v) is 9.33. The maximum atomic E-state index is 12.8. The molecule has 2 aliphatic heterocycles. The van der Waals surface area contributed by atoms with Gasteiger partial charge in [0.25, 0.3) is 11.8 Å². The summed E-state index contributed by atoms with van der Waals surface area (Å²) in [6, 6.07) is -1.01. The average molecular weight is 524 g/mol. The predicted molar refractivity (Wildman–Crippen MR) is 120 cm³/mol. The van der Waals surface area contributed by atoms with Crippen LogP contribution in [0.3, 0.4) is 0 Å². The van der Waals surface area contributed by atoms with Gasteiger partial charge in [0.05, 0.1) is 0 Å². The molecule has 1 aromatic rings. The summed E-state index contributed by atoms with van der Waals surface area (Å²) in [7, 11) is 0. The molecule has 0 radical (unpaired) electrons. The molecule has 0 spiro atoms. The molecule has 0 bridgehead atoms. The van der Waals surface area contributed by atoms with E-state index in [0.717, 1.165) is 16.2 Å². The number of aliphatic carboxylic acids is 2. The number of β-lactam (4-membered cyclic amide) rings is 1. The van der Waals surface area contributed by atoms with Gasteiger partial charge in [-0.05, 0) is 0 Å². The van der Waals surface area contributed by atoms with Crippen molar-refractivity contribution in [3.63, 3.8) is 0 Å². The molecule has 2 atom stereocenters. The van der Waals surface area contributed by atoms with E-state index in [-0.39, 0.29) is 53.2 Å². The second-order valence-electron chi connectivity index (χ2n) is 6.22. The molecule has 0 aliphatic carbocycles. The van der Waals surface area contributed by atoms with Crippen LogP contribution in [0, 0.1) is 0 Å². The Hall–Kier alpha value is -2.04. The molecular formula is C17H18N5NaO7S3. The van der Waals surface area contributed by atoms with E-state index in [2.05, 4.69) is 26.9 Å². The Morgan fingerprint density at radius 2 is 2.21 bits per heavy atom. The van der Waals surface area contributed by atoms with Crippen LogP contribution in [0.15, 0.2) is 33.8 Å². The number of anilines is 1. The molecule has 12 nitrogen and oxygen atoms in total. The number of nitrogens with one attached hydrogen (secondary N) is 1. The van der Waals surface area contributed by atoms with Gasteiger partial charge in [-0.25, -0.2) is 14.6 Å². The molecule has 1 fully saturated rings. The number of fused-ring (bicyclic) bond motifs is 1. The molecule has 2 aliphatic rings. The summed E-state index contributed by atoms with van der Waals surface area (Å²) in [6.07, 6.45) is 1.63. The Morgan fingerprint density at radius 1 is 1.48 bits per heavy atom. The maximum Gasteiger partial charge on any atom is 1.00 e. The number of thioether (sulfide) groups is 2. The summed E-state index contributed by atoms with van der Waals surface area (Å²) in [6.45, 7) is 2.82. The molecule has 172 valence electrons. The van der Waals surface area contributed by atoms with Gasteiger partial charge in [0.15, 0.2) is 10.8 Å². The van der Waals surface area contributed by atoms with Crippen LogP contribution in [0.4, 0.5) is 5.13 Å². The van der Waals surface area contributed by atoms with E-state index in [0.29, 0.717) is 16.4 Å². The van der Waals surface area contributed by atoms with Gasteiger partial charge in [-0.1, -0.05) is 11.2 Å². The van der Waals surface area contributed by atoms with Crippen molar-refractivity contribution >= 4 is 69.5 Å². The number of aromatic nitrogens is 1. The molecule has 0 saturated carbocycles. The third-order valence-electron chi connectivity index (χ3n) is 4.12. The van der Waals surface area contributed by atoms with Crippen LogP contribution in [0.1, 0.15) is 7.12 Å². The van der Waals surface area contributed by atoms with E-state index in [1.165, 1.54) is 28.9 Å². The van der Waals surface area contributed by atoms with E-state index in [4.69, 9.17) is 10.8 Å². The van der Waals surface area contributed by atoms with Crippen molar-refractivity contribution < 1.29 is 65.2 Å². The minimum atomic E-state index is -1.30. The summed E-state index contributed by atoms with van der Waals surface area (Å²) in [4.78, 5) is 58.2. The van der Waals surface area contributed by atoms with Crippen LogP contribution in [0.2, 0.25) is 0 Å². The first-order chi connectivity index (χ1) is 15.2. The molecule has 33 heavy (non-hydrogen) atoms. The fourth-order valence-electron chi connectivity index (χ4n) is 2.82. The van der Waals surface area contributed by atoms with Crippen molar-refractivity contribution in [3.05, 3.63) is 34.3 Å². The predicted octanol–water partition coefficient (Wildman–Crippen LogP) is -2.74. The molecule has 5 N–H and O–H groups in total. The normalized spacial score (nSPS) is 19.7. The van der Waals surface area contributed by atoms with E-state index >= 15 is 0 Å². The number of hydrogen-bond acceptors (Lipinski definition) is 11. The molecule has 0 unspecified atom stereocenters. The first-order valence-electron chi connectivity index (χ1n) is 8.83. The minimum absolute atomic E-state index is 0. The smallest absolute Gasteiger partial charge is 1.00 e. The topological polar surface area (TPSA) is 185 Å². The van der Waals surface area contributed by atoms with Gasteiger partial charge in [0.1, 0.15) is 22.8 Å². The number of carbonyl (C=O) groups is 4. The molecule has 3 heterocycles. The van der Waals surface area contributed by atoms with E-state index in [1.807, 2.05) is 0 Å². The fourth-order valence-corrected chi connectivity index (χ4v) is 5.74. The Morgan fingerprint density at radius 3 is 2.79 bits per heavy atom. The number of thiazole rings is 1. The molecule has 0 aromatic carbocycles. The molecular weight excluding hydrogens is 505 g/mol. The largest absolute Gasteiger partial charge is 1.00 e. The van der Waals surface area contributed by atoms with Crippen molar-refractivity contribution in [2.75, 3.05) is 23.8 Å². The summed E-state index contributed by atoms with van der Waals surface area (Å²) < 4.78 is 0. The minimum Gasteiger partial charge on any atom is -1.00 e. The zero-order valence-electron chi connectivity index (χ0n) is 18.2. The first-order valence-corrected chi connectivity index (χ1v) is 11.7. The monoisotopic (exact) mass is 523 g/mol. The van der Waals surface area contributed by atoms with Gasteiger partial charge in [0, 0.05) is 21.8 Å². The molecule has 16 heteroatoms. The maximum absolute atomic E-state index is 12.8. The fraction of sp³-hybridized carbons (Fsp3) is 0.294. The van der Waals surface area contributed by atoms with Crippen LogP contribution < -0.4 is 40.6 Å². The number of oxime groups is 1. The zero-order valence-corrected chi connectivity index (χ0v) is 21.7. The van der Waals surface area contributed by atoms with Crippen LogP contribution in [-0.2, 0) is 24.0 Å². The number of amides is 2. The van der Waals surface area contributed by atoms with E-state index < -0.39 is 41.8 Å². The number of nitrogen functional groups attached to an aromatic ring is 1. The number of carboxylic acids is 2. The SMILES string of the molecule is C=CCSC1=C(C(=O)O)N2C(=O)[C@@H](NC(=O)/C(=N\OCC(=O)O)c3csc(N)n3)[C@H]2SC1.[H-].[Na+]. The third kappa shape index (κ3) is 6.10. The standard InChI is InChI=1S/C17H17N5O7S3.Na.H/c1-2-3-30-8-6-31-15-11(14(26)22(15)12(8)16(27)28)20-13(25)10(21-29-4-9(23)24)7-5-32-17(18)19-7;;/h2,5,11,15H,1,3-4,6H2,(H2,18,19)(H,20,25)(H,23,24)(H,27,28);;/q;+1;-1/b21-10-;;/t11-,15-;;/m1../s1. The molecule has 1 saturated heterocycles. The zero-order chi connectivity index (χ0) is 23.4. The quantitative estimate of drug-likeness (QED) is 0.0820. The van der Waals surface area contributed by atoms with Crippen molar-refractivity contribution in [1.29, 1.82) is 0 Å². The van der Waals surface area contributed by atoms with Gasteiger partial charge in [-0.3, -0.25) is 14.5 Å². The Bertz CT molecular complexity index is 1050. The number of hydrogen-bond donors (Lipinski definition) is 4. The third-order valence-corrected chi connectivity index (χ3v) is 7.35. The Labute approximate surface area is 223 Å². The second kappa shape index (κ2) is 11.9. The van der Waals surface area contributed by atoms with Gasteiger partial charge in [-0.2, -0.15) is 0 Å². The number of nitrogens with zero attached hydrogens (tertiary/aromatic N) is 3. The van der Waals surface area contributed by atoms with Crippen LogP contribution in [-0.4, -0.2) is 79.1 Å². The summed E-state index contributed by atoms with van der Waals surface area (Å²) >= 11 is 3.63. The molecule has 3 rings (SSSR count). The Balaban J connectivity index is 0.00000289. The number of nitrogens with two attached hydrogens (primary N) is 1. The number of carbonyl (C=O) groups excluding carboxylic acids is 2. The van der Waals surface area contributed by atoms with Crippen LogP contribution in [0.25, 0.3) is 0 Å². The average Bonchev–Trinajstić information content (AvgIpc) is 3.17. The van der Waals surface area contributed by atoms with Crippen LogP contribution >= 0.6 is 34.9 Å². The molecule has 2 amide bonds. The first kappa shape index (κ1) is 27.2. The van der Waals surface area contributed by atoms with Crippen molar-refractivity contribution in [2.45, 2.75) is 11.4 Å². The van der Waals surface area contributed by atoms with Gasteiger partial charge in [0.2, 0.25) is 6.61 Å². The van der Waals surface area contributed by atoms with Crippen molar-refractivity contribution in [2.24, 2.45) is 5.16 Å². The van der Waals surface area contributed by atoms with Crippen molar-refractivity contribution in [1.82, 2.24) is 15.2 Å². The van der Waals surface area contributed by atoms with Crippen LogP contribution in [0.5, 0.6) is 0 Å². The summed E-state index contributed by atoms with van der Waals surface area (Å²) in [5.41, 5.74) is 5.16. The number of carboxylic acid groups (broad SMARTS) is 2. The van der Waals surface area contributed by atoms with Gasteiger partial charge >= 0.3 is 41.5 Å². The van der Waals surface area contributed by atoms with Crippen molar-refractivity contribution in [3.8, 4) is 0 Å². The number of rotatable bonds is 10. The Kier molecular flexibility index (Phi) is 9.81. The van der Waals surface area contributed by atoms with E-state index in [9.17, 15) is 24.3 Å². The molecule has 1 aromatic heterocycles. The summed E-state index contributed by atoms with van der Waals surface area (Å²) in [5.74, 6) is -3.12. The summed E-state index contributed by atoms with van der Waals surface area (Å²) in [5, 5.41) is 25.3.